The van der Waals surface area contributed by atoms with E-state index in [1.165, 1.54) is 11.3 Å². The zero-order valence-corrected chi connectivity index (χ0v) is 18.0. The summed E-state index contributed by atoms with van der Waals surface area (Å²) in [5.41, 5.74) is -1.15. The second kappa shape index (κ2) is 8.71. The first-order valence-electron chi connectivity index (χ1n) is 9.32. The van der Waals surface area contributed by atoms with Crippen molar-refractivity contribution < 1.29 is 22.7 Å². The van der Waals surface area contributed by atoms with Crippen LogP contribution in [-0.4, -0.2) is 49.6 Å². The highest BCUT2D eigenvalue weighted by Gasteiger charge is 2.27. The van der Waals surface area contributed by atoms with Gasteiger partial charge in [0, 0.05) is 19.6 Å². The summed E-state index contributed by atoms with van der Waals surface area (Å²) in [7, 11) is -3.51. The first-order chi connectivity index (χ1) is 13.6. The number of likely N-dealkylation sites (tertiary alicyclic amines) is 1. The predicted octanol–water partition coefficient (Wildman–Crippen LogP) is 2.29. The number of carbonyl (C=O) groups excluding carboxylic acids is 1. The number of hydrogen-bond donors (Lipinski definition) is 2. The molecule has 0 spiro atoms. The fraction of sp³-hybridized carbons (Fsp3) is 0.450. The SMILES string of the molecule is CC(C)(O)C#Cc1ccc(C(=O)N2CCC[C@@H](CNS(=O)(=O)c3cccs3)C2)o1. The summed E-state index contributed by atoms with van der Waals surface area (Å²) in [6.45, 7) is 4.46. The van der Waals surface area contributed by atoms with Gasteiger partial charge in [0.15, 0.2) is 11.5 Å². The van der Waals surface area contributed by atoms with Crippen molar-refractivity contribution in [3.8, 4) is 11.8 Å². The highest BCUT2D eigenvalue weighted by molar-refractivity contribution is 7.91. The van der Waals surface area contributed by atoms with Crippen molar-refractivity contribution in [2.75, 3.05) is 19.6 Å². The number of hydrogen-bond acceptors (Lipinski definition) is 6. The van der Waals surface area contributed by atoms with Crippen molar-refractivity contribution in [1.82, 2.24) is 9.62 Å². The van der Waals surface area contributed by atoms with Gasteiger partial charge in [-0.15, -0.1) is 11.3 Å². The Morgan fingerprint density at radius 3 is 2.90 bits per heavy atom. The van der Waals surface area contributed by atoms with Crippen LogP contribution in [0.15, 0.2) is 38.3 Å². The van der Waals surface area contributed by atoms with E-state index in [9.17, 15) is 18.3 Å². The van der Waals surface area contributed by atoms with E-state index in [1.54, 1.807) is 48.4 Å². The molecule has 0 bridgehead atoms. The molecule has 3 rings (SSSR count). The Balaban J connectivity index is 1.59. The number of nitrogens with one attached hydrogen (secondary N) is 1. The fourth-order valence-electron chi connectivity index (χ4n) is 3.02. The Morgan fingerprint density at radius 2 is 2.21 bits per heavy atom. The first kappa shape index (κ1) is 21.6. The molecule has 156 valence electrons. The number of furan rings is 1. The number of carbonyl (C=O) groups is 1. The normalized spacial score (nSPS) is 17.6. The molecule has 9 heteroatoms. The molecule has 1 fully saturated rings. The summed E-state index contributed by atoms with van der Waals surface area (Å²) in [5.74, 6) is 5.64. The first-order valence-corrected chi connectivity index (χ1v) is 11.7. The molecule has 29 heavy (non-hydrogen) atoms. The molecule has 2 aromatic rings. The maximum atomic E-state index is 12.7. The van der Waals surface area contributed by atoms with Gasteiger partial charge in [0.1, 0.15) is 9.81 Å². The van der Waals surface area contributed by atoms with Crippen LogP contribution in [0, 0.1) is 17.8 Å². The van der Waals surface area contributed by atoms with Crippen LogP contribution >= 0.6 is 11.3 Å². The van der Waals surface area contributed by atoms with Crippen molar-refractivity contribution in [3.05, 3.63) is 41.2 Å². The predicted molar refractivity (Wildman–Crippen MR) is 110 cm³/mol. The Labute approximate surface area is 174 Å². The van der Waals surface area contributed by atoms with Crippen molar-refractivity contribution >= 4 is 27.3 Å². The smallest absolute Gasteiger partial charge is 0.289 e. The second-order valence-corrected chi connectivity index (χ2v) is 10.5. The lowest BCUT2D eigenvalue weighted by Gasteiger charge is -2.32. The molecule has 2 aromatic heterocycles. The third kappa shape index (κ3) is 5.93. The lowest BCUT2D eigenvalue weighted by molar-refractivity contribution is 0.0643. The van der Waals surface area contributed by atoms with Gasteiger partial charge >= 0.3 is 0 Å². The topological polar surface area (TPSA) is 99.9 Å². The van der Waals surface area contributed by atoms with Crippen LogP contribution in [0.3, 0.4) is 0 Å². The zero-order chi connectivity index (χ0) is 21.1. The fourth-order valence-corrected chi connectivity index (χ4v) is 5.18. The van der Waals surface area contributed by atoms with Gasteiger partial charge in [-0.2, -0.15) is 0 Å². The van der Waals surface area contributed by atoms with Gasteiger partial charge in [-0.25, -0.2) is 13.1 Å². The average molecular weight is 437 g/mol. The summed E-state index contributed by atoms with van der Waals surface area (Å²) >= 11 is 1.17. The van der Waals surface area contributed by atoms with Gasteiger partial charge in [0.25, 0.3) is 5.91 Å². The van der Waals surface area contributed by atoms with Crippen molar-refractivity contribution in [3.63, 3.8) is 0 Å². The minimum absolute atomic E-state index is 0.0341. The lowest BCUT2D eigenvalue weighted by atomic mass is 9.98. The Morgan fingerprint density at radius 1 is 1.41 bits per heavy atom. The number of sulfonamides is 1. The molecule has 1 aliphatic heterocycles. The van der Waals surface area contributed by atoms with Gasteiger partial charge in [-0.1, -0.05) is 12.0 Å². The highest BCUT2D eigenvalue weighted by atomic mass is 32.2. The minimum atomic E-state index is -3.51. The van der Waals surface area contributed by atoms with Crippen LogP contribution in [-0.2, 0) is 10.0 Å². The molecule has 1 saturated heterocycles. The molecule has 1 aliphatic rings. The van der Waals surface area contributed by atoms with Crippen molar-refractivity contribution in [2.45, 2.75) is 36.5 Å². The minimum Gasteiger partial charge on any atom is -0.443 e. The third-order valence-electron chi connectivity index (χ3n) is 4.44. The standard InChI is InChI=1S/C20H24N2O5S2/c1-20(2,24)10-9-16-7-8-17(27-16)19(23)22-11-3-5-15(14-22)13-21-29(25,26)18-6-4-12-28-18/h4,6-8,12,15,21,24H,3,5,11,13-14H2,1-2H3/t15-/m0/s1. The molecule has 1 atom stereocenters. The Bertz CT molecular complexity index is 1010. The highest BCUT2D eigenvalue weighted by Crippen LogP contribution is 2.21. The summed E-state index contributed by atoms with van der Waals surface area (Å²) in [6.07, 6.45) is 1.64. The number of amides is 1. The maximum Gasteiger partial charge on any atom is 0.289 e. The molecule has 0 saturated carbocycles. The number of aliphatic hydroxyl groups is 1. The molecule has 2 N–H and O–H groups in total. The lowest BCUT2D eigenvalue weighted by Crippen LogP contribution is -2.43. The number of rotatable bonds is 5. The molecule has 0 radical (unpaired) electrons. The molecular weight excluding hydrogens is 412 g/mol. The molecular formula is C20H24N2O5S2. The number of piperidine rings is 1. The van der Waals surface area contributed by atoms with E-state index in [4.69, 9.17) is 4.42 Å². The van der Waals surface area contributed by atoms with Gasteiger partial charge in [0.2, 0.25) is 10.0 Å². The molecule has 1 amide bonds. The van der Waals surface area contributed by atoms with Crippen LogP contribution in [0.2, 0.25) is 0 Å². The molecule has 0 unspecified atom stereocenters. The summed E-state index contributed by atoms with van der Waals surface area (Å²) < 4.78 is 33.0. The summed E-state index contributed by atoms with van der Waals surface area (Å²) in [5, 5.41) is 11.4. The van der Waals surface area contributed by atoms with Crippen LogP contribution in [0.25, 0.3) is 0 Å². The van der Waals surface area contributed by atoms with E-state index in [-0.39, 0.29) is 28.3 Å². The van der Waals surface area contributed by atoms with E-state index < -0.39 is 15.6 Å². The van der Waals surface area contributed by atoms with Gasteiger partial charge in [-0.05, 0) is 62.1 Å². The van der Waals surface area contributed by atoms with Crippen molar-refractivity contribution in [2.24, 2.45) is 5.92 Å². The van der Waals surface area contributed by atoms with Gasteiger partial charge in [0.05, 0.1) is 0 Å². The molecule has 0 aliphatic carbocycles. The van der Waals surface area contributed by atoms with E-state index in [1.807, 2.05) is 0 Å². The average Bonchev–Trinajstić information content (AvgIpc) is 3.36. The maximum absolute atomic E-state index is 12.7. The van der Waals surface area contributed by atoms with E-state index >= 15 is 0 Å². The van der Waals surface area contributed by atoms with Crippen LogP contribution in [0.4, 0.5) is 0 Å². The van der Waals surface area contributed by atoms with Crippen LogP contribution < -0.4 is 4.72 Å². The quantitative estimate of drug-likeness (QED) is 0.701. The van der Waals surface area contributed by atoms with E-state index in [0.717, 1.165) is 12.8 Å². The molecule has 0 aromatic carbocycles. The van der Waals surface area contributed by atoms with Gasteiger partial charge in [-0.3, -0.25) is 4.79 Å². The monoisotopic (exact) mass is 436 g/mol. The van der Waals surface area contributed by atoms with Crippen LogP contribution in [0.1, 0.15) is 43.0 Å². The Kier molecular flexibility index (Phi) is 6.49. The number of nitrogens with zero attached hydrogens (tertiary/aromatic N) is 1. The zero-order valence-electron chi connectivity index (χ0n) is 16.3. The summed E-state index contributed by atoms with van der Waals surface area (Å²) in [6, 6.07) is 6.44. The number of thiophene rings is 1. The molecule has 7 nitrogen and oxygen atoms in total. The Hall–Kier alpha value is -2.12. The van der Waals surface area contributed by atoms with E-state index in [2.05, 4.69) is 16.6 Å². The summed E-state index contributed by atoms with van der Waals surface area (Å²) in [4.78, 5) is 14.4. The van der Waals surface area contributed by atoms with E-state index in [0.29, 0.717) is 18.8 Å². The second-order valence-electron chi connectivity index (χ2n) is 7.52. The third-order valence-corrected chi connectivity index (χ3v) is 7.26. The molecule has 3 heterocycles. The van der Waals surface area contributed by atoms with Crippen LogP contribution in [0.5, 0.6) is 0 Å². The largest absolute Gasteiger partial charge is 0.443 e. The van der Waals surface area contributed by atoms with Crippen molar-refractivity contribution in [1.29, 1.82) is 0 Å². The van der Waals surface area contributed by atoms with Gasteiger partial charge < -0.3 is 14.4 Å².